The van der Waals surface area contributed by atoms with Gasteiger partial charge >= 0.3 is 5.97 Å². The van der Waals surface area contributed by atoms with Gasteiger partial charge in [-0.2, -0.15) is 0 Å². The molecule has 1 unspecified atom stereocenters. The maximum absolute atomic E-state index is 11.1. The summed E-state index contributed by atoms with van der Waals surface area (Å²) >= 11 is 0. The van der Waals surface area contributed by atoms with Crippen LogP contribution in [0.5, 0.6) is 0 Å². The van der Waals surface area contributed by atoms with Gasteiger partial charge in [0.2, 0.25) is 0 Å². The minimum absolute atomic E-state index is 0.447. The summed E-state index contributed by atoms with van der Waals surface area (Å²) in [5.74, 6) is -1.58. The van der Waals surface area contributed by atoms with Crippen LogP contribution in [0, 0.1) is 0 Å². The van der Waals surface area contributed by atoms with Crippen LogP contribution in [0.1, 0.15) is 35.3 Å². The molecule has 0 saturated carbocycles. The molecular weight excluding hydrogens is 218 g/mol. The Morgan fingerprint density at radius 2 is 2.18 bits per heavy atom. The molecule has 0 spiro atoms. The number of para-hydroxylation sites is 1. The molecule has 1 aromatic carbocycles. The molecule has 4 heteroatoms. The van der Waals surface area contributed by atoms with Gasteiger partial charge in [0.15, 0.2) is 6.29 Å². The highest BCUT2D eigenvalue weighted by Crippen LogP contribution is 2.28. The lowest BCUT2D eigenvalue weighted by atomic mass is 9.98. The molecule has 0 radical (unpaired) electrons. The molecule has 88 valence electrons. The van der Waals surface area contributed by atoms with E-state index in [2.05, 4.69) is 4.98 Å². The second-order valence-electron chi connectivity index (χ2n) is 3.91. The Morgan fingerprint density at radius 1 is 1.47 bits per heavy atom. The summed E-state index contributed by atoms with van der Waals surface area (Å²) in [5.41, 5.74) is 1.75. The zero-order valence-electron chi connectivity index (χ0n) is 9.43. The van der Waals surface area contributed by atoms with Crippen molar-refractivity contribution in [2.45, 2.75) is 19.3 Å². The molecular formula is C13H13NO3. The third-order valence-electron chi connectivity index (χ3n) is 2.95. The lowest BCUT2D eigenvalue weighted by molar-refractivity contribution is -0.138. The molecule has 1 aromatic heterocycles. The van der Waals surface area contributed by atoms with Crippen LogP contribution in [0.15, 0.2) is 24.3 Å². The van der Waals surface area contributed by atoms with E-state index in [1.54, 1.807) is 6.92 Å². The number of H-pyrrole nitrogens is 1. The summed E-state index contributed by atoms with van der Waals surface area (Å²) in [6.45, 7) is 1.79. The zero-order valence-corrected chi connectivity index (χ0v) is 9.43. The molecule has 0 aliphatic heterocycles. The number of carboxylic acids is 1. The van der Waals surface area contributed by atoms with Gasteiger partial charge in [0.1, 0.15) is 0 Å². The molecule has 0 aliphatic rings. The number of rotatable bonds is 4. The quantitative estimate of drug-likeness (QED) is 0.794. The first-order valence-corrected chi connectivity index (χ1v) is 5.47. The number of benzene rings is 1. The minimum Gasteiger partial charge on any atom is -0.481 e. The number of carbonyl (C=O) groups is 2. The van der Waals surface area contributed by atoms with E-state index >= 15 is 0 Å². The molecule has 1 atom stereocenters. The van der Waals surface area contributed by atoms with E-state index in [0.717, 1.165) is 17.2 Å². The lowest BCUT2D eigenvalue weighted by Crippen LogP contribution is -2.12. The summed E-state index contributed by atoms with van der Waals surface area (Å²) in [6.07, 6.45) is 1.17. The number of hydrogen-bond donors (Lipinski definition) is 2. The van der Waals surface area contributed by atoms with Gasteiger partial charge in [-0.1, -0.05) is 25.1 Å². The van der Waals surface area contributed by atoms with E-state index in [1.165, 1.54) is 0 Å². The number of carbonyl (C=O) groups excluding carboxylic acids is 1. The average molecular weight is 231 g/mol. The van der Waals surface area contributed by atoms with Gasteiger partial charge in [0.05, 0.1) is 5.92 Å². The van der Waals surface area contributed by atoms with E-state index in [0.29, 0.717) is 17.7 Å². The number of aromatic nitrogens is 1. The maximum Gasteiger partial charge on any atom is 0.312 e. The predicted molar refractivity (Wildman–Crippen MR) is 64.4 cm³/mol. The normalized spacial score (nSPS) is 12.5. The Hall–Kier alpha value is -2.10. The third-order valence-corrected chi connectivity index (χ3v) is 2.95. The van der Waals surface area contributed by atoms with Gasteiger partial charge in [-0.15, -0.1) is 0 Å². The lowest BCUT2D eigenvalue weighted by Gasteiger charge is -2.08. The van der Waals surface area contributed by atoms with Crippen molar-refractivity contribution in [3.8, 4) is 0 Å². The van der Waals surface area contributed by atoms with Crippen LogP contribution in [-0.2, 0) is 4.79 Å². The number of hydrogen-bond acceptors (Lipinski definition) is 2. The second kappa shape index (κ2) is 4.41. The van der Waals surface area contributed by atoms with Crippen LogP contribution in [0.25, 0.3) is 10.9 Å². The first-order valence-electron chi connectivity index (χ1n) is 5.47. The molecule has 4 nitrogen and oxygen atoms in total. The van der Waals surface area contributed by atoms with E-state index in [1.807, 2.05) is 24.3 Å². The molecule has 0 saturated heterocycles. The molecule has 0 bridgehead atoms. The molecule has 2 N–H and O–H groups in total. The molecule has 2 aromatic rings. The van der Waals surface area contributed by atoms with Crippen molar-refractivity contribution in [1.82, 2.24) is 4.98 Å². The summed E-state index contributed by atoms with van der Waals surface area (Å²) in [4.78, 5) is 25.3. The number of carboxylic acid groups (broad SMARTS) is 1. The van der Waals surface area contributed by atoms with E-state index in [4.69, 9.17) is 5.11 Å². The van der Waals surface area contributed by atoms with Crippen LogP contribution in [-0.4, -0.2) is 22.3 Å². The fourth-order valence-electron chi connectivity index (χ4n) is 2.09. The van der Waals surface area contributed by atoms with Gasteiger partial charge in [-0.05, 0) is 12.5 Å². The van der Waals surface area contributed by atoms with Crippen molar-refractivity contribution >= 4 is 23.2 Å². The minimum atomic E-state index is -0.915. The maximum atomic E-state index is 11.1. The standard InChI is InChI=1S/C13H13NO3/c1-2-8(13(16)17)12-10(7-15)9-5-3-4-6-11(9)14-12/h3-8,14H,2H2,1H3,(H,16,17). The van der Waals surface area contributed by atoms with Crippen molar-refractivity contribution in [3.63, 3.8) is 0 Å². The number of aldehydes is 1. The number of nitrogens with one attached hydrogen (secondary N) is 1. The van der Waals surface area contributed by atoms with E-state index in [-0.39, 0.29) is 0 Å². The monoisotopic (exact) mass is 231 g/mol. The van der Waals surface area contributed by atoms with Crippen LogP contribution in [0.2, 0.25) is 0 Å². The molecule has 17 heavy (non-hydrogen) atoms. The van der Waals surface area contributed by atoms with Gasteiger partial charge in [-0.3, -0.25) is 9.59 Å². The predicted octanol–water partition coefficient (Wildman–Crippen LogP) is 2.56. The molecule has 2 rings (SSSR count). The van der Waals surface area contributed by atoms with Crippen molar-refractivity contribution in [2.24, 2.45) is 0 Å². The number of aromatic amines is 1. The Labute approximate surface area is 98.3 Å². The van der Waals surface area contributed by atoms with Crippen molar-refractivity contribution in [2.75, 3.05) is 0 Å². The Balaban J connectivity index is 2.68. The van der Waals surface area contributed by atoms with Crippen LogP contribution < -0.4 is 0 Å². The van der Waals surface area contributed by atoms with Gasteiger partial charge in [-0.25, -0.2) is 0 Å². The number of aliphatic carboxylic acids is 1. The van der Waals surface area contributed by atoms with Crippen molar-refractivity contribution in [3.05, 3.63) is 35.5 Å². The Kier molecular flexibility index (Phi) is 2.95. The van der Waals surface area contributed by atoms with Crippen molar-refractivity contribution in [1.29, 1.82) is 0 Å². The van der Waals surface area contributed by atoms with Gasteiger partial charge in [0, 0.05) is 22.2 Å². The average Bonchev–Trinajstić information content (AvgIpc) is 2.67. The van der Waals surface area contributed by atoms with Crippen LogP contribution in [0.3, 0.4) is 0 Å². The summed E-state index contributed by atoms with van der Waals surface area (Å²) in [7, 11) is 0. The Bertz CT molecular complexity index is 571. The molecule has 0 aliphatic carbocycles. The molecule has 0 amide bonds. The van der Waals surface area contributed by atoms with E-state index in [9.17, 15) is 9.59 Å². The van der Waals surface area contributed by atoms with Gasteiger partial charge in [0.25, 0.3) is 0 Å². The van der Waals surface area contributed by atoms with Crippen molar-refractivity contribution < 1.29 is 14.7 Å². The van der Waals surface area contributed by atoms with Gasteiger partial charge < -0.3 is 10.1 Å². The first-order chi connectivity index (χ1) is 8.19. The molecule has 0 fully saturated rings. The van der Waals surface area contributed by atoms with E-state index < -0.39 is 11.9 Å². The fraction of sp³-hybridized carbons (Fsp3) is 0.231. The SMILES string of the molecule is CCC(C(=O)O)c1[nH]c2ccccc2c1C=O. The summed E-state index contributed by atoms with van der Waals surface area (Å²) in [6, 6.07) is 7.32. The summed E-state index contributed by atoms with van der Waals surface area (Å²) in [5, 5.41) is 9.91. The zero-order chi connectivity index (χ0) is 12.4. The third kappa shape index (κ3) is 1.82. The van der Waals surface area contributed by atoms with Crippen LogP contribution >= 0.6 is 0 Å². The Morgan fingerprint density at radius 3 is 2.76 bits per heavy atom. The van der Waals surface area contributed by atoms with Crippen LogP contribution in [0.4, 0.5) is 0 Å². The first kappa shape index (κ1) is 11.4. The highest BCUT2D eigenvalue weighted by Gasteiger charge is 2.23. The second-order valence-corrected chi connectivity index (χ2v) is 3.91. The topological polar surface area (TPSA) is 70.2 Å². The highest BCUT2D eigenvalue weighted by atomic mass is 16.4. The highest BCUT2D eigenvalue weighted by molar-refractivity contribution is 6.00. The molecule has 1 heterocycles. The largest absolute Gasteiger partial charge is 0.481 e. The smallest absolute Gasteiger partial charge is 0.312 e. The summed E-state index contributed by atoms with van der Waals surface area (Å²) < 4.78 is 0. The number of fused-ring (bicyclic) bond motifs is 1. The fourth-order valence-corrected chi connectivity index (χ4v) is 2.09.